The number of benzene rings is 2. The van der Waals surface area contributed by atoms with Crippen LogP contribution in [-0.2, 0) is 28.6 Å². The molecule has 0 spiro atoms. The third-order valence-electron chi connectivity index (χ3n) is 4.94. The van der Waals surface area contributed by atoms with Gasteiger partial charge in [-0.25, -0.2) is 14.4 Å². The fourth-order valence-corrected chi connectivity index (χ4v) is 3.44. The summed E-state index contributed by atoms with van der Waals surface area (Å²) in [6.45, 7) is 8.48. The maximum atomic E-state index is 12.3. The van der Waals surface area contributed by atoms with Crippen molar-refractivity contribution in [1.82, 2.24) is 0 Å². The fourth-order valence-electron chi connectivity index (χ4n) is 2.80. The van der Waals surface area contributed by atoms with Crippen LogP contribution in [-0.4, -0.2) is 61.4 Å². The molecule has 0 heterocycles. The minimum absolute atomic E-state index is 0.0239. The summed E-state index contributed by atoms with van der Waals surface area (Å²) in [4.78, 5) is 47.6. The van der Waals surface area contributed by atoms with Crippen molar-refractivity contribution in [1.29, 1.82) is 0 Å². The SMILES string of the molecule is C=C(C)C(=O)OCCOc1ccc(SC(=O)/C=C/c2ccc(OC(=O)OCCCCOC(=O)C(=C)CO)cc2)cc1. The number of aliphatic hydroxyl groups is 1. The van der Waals surface area contributed by atoms with Crippen LogP contribution in [0.5, 0.6) is 11.5 Å². The first-order valence-corrected chi connectivity index (χ1v) is 13.4. The molecular formula is C30H32O10S. The molecule has 0 aliphatic rings. The molecule has 2 aromatic rings. The molecule has 0 fully saturated rings. The summed E-state index contributed by atoms with van der Waals surface area (Å²) in [6, 6.07) is 13.5. The average Bonchev–Trinajstić information content (AvgIpc) is 2.96. The molecule has 41 heavy (non-hydrogen) atoms. The van der Waals surface area contributed by atoms with Crippen LogP contribution in [0.1, 0.15) is 25.3 Å². The number of ether oxygens (including phenoxy) is 5. The Labute approximate surface area is 242 Å². The van der Waals surface area contributed by atoms with Crippen LogP contribution in [0, 0.1) is 0 Å². The van der Waals surface area contributed by atoms with Crippen LogP contribution >= 0.6 is 11.8 Å². The number of esters is 2. The third-order valence-corrected chi connectivity index (χ3v) is 5.79. The van der Waals surface area contributed by atoms with Gasteiger partial charge in [0.25, 0.3) is 0 Å². The van der Waals surface area contributed by atoms with E-state index in [2.05, 4.69) is 13.2 Å². The highest BCUT2D eigenvalue weighted by molar-refractivity contribution is 8.14. The molecule has 0 aliphatic carbocycles. The molecule has 0 aliphatic heterocycles. The van der Waals surface area contributed by atoms with Gasteiger partial charge in [0.15, 0.2) is 0 Å². The zero-order valence-corrected chi connectivity index (χ0v) is 23.5. The van der Waals surface area contributed by atoms with Gasteiger partial charge in [-0.1, -0.05) is 31.4 Å². The first-order valence-electron chi connectivity index (χ1n) is 12.5. The lowest BCUT2D eigenvalue weighted by Crippen LogP contribution is -2.13. The number of thioether (sulfide) groups is 1. The number of unbranched alkanes of at least 4 members (excludes halogenated alkanes) is 1. The van der Waals surface area contributed by atoms with Gasteiger partial charge in [-0.15, -0.1) is 0 Å². The van der Waals surface area contributed by atoms with Gasteiger partial charge in [-0.05, 0) is 79.6 Å². The highest BCUT2D eigenvalue weighted by Crippen LogP contribution is 2.23. The predicted octanol–water partition coefficient (Wildman–Crippen LogP) is 4.90. The first-order chi connectivity index (χ1) is 19.7. The zero-order chi connectivity index (χ0) is 30.0. The average molecular weight is 585 g/mol. The largest absolute Gasteiger partial charge is 0.513 e. The molecule has 0 unspecified atom stereocenters. The second-order valence-electron chi connectivity index (χ2n) is 8.36. The quantitative estimate of drug-likeness (QED) is 0.0720. The molecule has 1 N–H and O–H groups in total. The van der Waals surface area contributed by atoms with Crippen LogP contribution in [0.4, 0.5) is 4.79 Å². The van der Waals surface area contributed by atoms with E-state index in [9.17, 15) is 19.2 Å². The number of aliphatic hydroxyl groups excluding tert-OH is 1. The summed E-state index contributed by atoms with van der Waals surface area (Å²) in [7, 11) is 0. The summed E-state index contributed by atoms with van der Waals surface area (Å²) in [6.07, 6.45) is 3.13. The standard InChI is InChI=1S/C30H32O10S/c1-21(2)28(33)38-19-18-36-24-11-13-26(14-12-24)41-27(32)15-8-23-6-9-25(10-7-23)40-30(35)39-17-5-4-16-37-29(34)22(3)20-31/h6-15,31H,1,3-5,16-20H2,2H3/b15-8+. The summed E-state index contributed by atoms with van der Waals surface area (Å²) < 4.78 is 25.4. The molecule has 11 heteroatoms. The number of carbonyl (C=O) groups is 4. The number of hydrogen-bond acceptors (Lipinski definition) is 11. The smallest absolute Gasteiger partial charge is 0.490 e. The van der Waals surface area contributed by atoms with Crippen molar-refractivity contribution in [2.45, 2.75) is 24.7 Å². The van der Waals surface area contributed by atoms with E-state index in [4.69, 9.17) is 28.8 Å². The molecule has 0 amide bonds. The molecule has 0 aromatic heterocycles. The van der Waals surface area contributed by atoms with Gasteiger partial charge in [-0.2, -0.15) is 0 Å². The van der Waals surface area contributed by atoms with Crippen molar-refractivity contribution in [3.05, 3.63) is 84.5 Å². The molecule has 0 bridgehead atoms. The topological polar surface area (TPSA) is 135 Å². The third kappa shape index (κ3) is 13.5. The molecular weight excluding hydrogens is 552 g/mol. The Bertz CT molecular complexity index is 1230. The van der Waals surface area contributed by atoms with E-state index in [0.717, 1.165) is 22.2 Å². The summed E-state index contributed by atoms with van der Waals surface area (Å²) in [5.74, 6) is -0.268. The van der Waals surface area contributed by atoms with Crippen LogP contribution < -0.4 is 9.47 Å². The zero-order valence-electron chi connectivity index (χ0n) is 22.7. The highest BCUT2D eigenvalue weighted by Gasteiger charge is 2.09. The van der Waals surface area contributed by atoms with Gasteiger partial charge in [-0.3, -0.25) is 4.79 Å². The van der Waals surface area contributed by atoms with Gasteiger partial charge in [0.1, 0.15) is 24.7 Å². The Morgan fingerprint density at radius 3 is 2.05 bits per heavy atom. The Morgan fingerprint density at radius 1 is 0.805 bits per heavy atom. The maximum absolute atomic E-state index is 12.3. The fraction of sp³-hybridized carbons (Fsp3) is 0.267. The summed E-state index contributed by atoms with van der Waals surface area (Å²) in [5, 5.41) is 8.61. The minimum atomic E-state index is -0.867. The van der Waals surface area contributed by atoms with E-state index in [-0.39, 0.29) is 42.9 Å². The van der Waals surface area contributed by atoms with Crippen molar-refractivity contribution < 1.29 is 48.0 Å². The lowest BCUT2D eigenvalue weighted by molar-refractivity contribution is -0.140. The highest BCUT2D eigenvalue weighted by atomic mass is 32.2. The van der Waals surface area contributed by atoms with E-state index >= 15 is 0 Å². The molecule has 218 valence electrons. The summed E-state index contributed by atoms with van der Waals surface area (Å²) in [5.41, 5.74) is 1.03. The minimum Gasteiger partial charge on any atom is -0.490 e. The molecule has 2 rings (SSSR count). The monoisotopic (exact) mass is 584 g/mol. The predicted molar refractivity (Wildman–Crippen MR) is 152 cm³/mol. The Morgan fingerprint density at radius 2 is 1.41 bits per heavy atom. The van der Waals surface area contributed by atoms with Crippen molar-refractivity contribution in [2.24, 2.45) is 0 Å². The molecule has 0 saturated heterocycles. The Kier molecular flexibility index (Phi) is 14.5. The van der Waals surface area contributed by atoms with Crippen molar-refractivity contribution in [3.8, 4) is 11.5 Å². The van der Waals surface area contributed by atoms with E-state index in [1.165, 1.54) is 6.08 Å². The first kappa shape index (κ1) is 32.9. The van der Waals surface area contributed by atoms with E-state index < -0.39 is 24.7 Å². The summed E-state index contributed by atoms with van der Waals surface area (Å²) >= 11 is 1.05. The molecule has 2 aromatic carbocycles. The lowest BCUT2D eigenvalue weighted by Gasteiger charge is -2.07. The van der Waals surface area contributed by atoms with Gasteiger partial charge in [0.05, 0.1) is 25.4 Å². The molecule has 0 atom stereocenters. The molecule has 0 saturated carbocycles. The van der Waals surface area contributed by atoms with Crippen molar-refractivity contribution in [2.75, 3.05) is 33.0 Å². The van der Waals surface area contributed by atoms with Crippen LogP contribution in [0.15, 0.2) is 83.8 Å². The molecule has 0 radical (unpaired) electrons. The number of hydrogen-bond donors (Lipinski definition) is 1. The van der Waals surface area contributed by atoms with E-state index in [1.54, 1.807) is 61.5 Å². The number of carbonyl (C=O) groups excluding carboxylic acids is 4. The van der Waals surface area contributed by atoms with Crippen molar-refractivity contribution >= 4 is 41.0 Å². The van der Waals surface area contributed by atoms with E-state index in [0.29, 0.717) is 24.2 Å². The van der Waals surface area contributed by atoms with Gasteiger partial charge < -0.3 is 28.8 Å². The maximum Gasteiger partial charge on any atom is 0.513 e. The second kappa shape index (κ2) is 18.1. The van der Waals surface area contributed by atoms with E-state index in [1.807, 2.05) is 0 Å². The second-order valence-corrected chi connectivity index (χ2v) is 9.44. The van der Waals surface area contributed by atoms with Crippen LogP contribution in [0.2, 0.25) is 0 Å². The Balaban J connectivity index is 1.66. The van der Waals surface area contributed by atoms with Crippen molar-refractivity contribution in [3.63, 3.8) is 0 Å². The van der Waals surface area contributed by atoms with Gasteiger partial charge in [0.2, 0.25) is 5.12 Å². The van der Waals surface area contributed by atoms with Crippen LogP contribution in [0.25, 0.3) is 6.08 Å². The van der Waals surface area contributed by atoms with Gasteiger partial charge in [0, 0.05) is 10.5 Å². The lowest BCUT2D eigenvalue weighted by atomic mass is 10.2. The normalized spacial score (nSPS) is 10.5. The van der Waals surface area contributed by atoms with Gasteiger partial charge >= 0.3 is 18.1 Å². The Hall–Kier alpha value is -4.35. The molecule has 10 nitrogen and oxygen atoms in total. The van der Waals surface area contributed by atoms with Crippen LogP contribution in [0.3, 0.4) is 0 Å². The number of rotatable bonds is 16.